The van der Waals surface area contributed by atoms with Crippen molar-refractivity contribution in [2.45, 2.75) is 25.3 Å². The van der Waals surface area contributed by atoms with Crippen LogP contribution in [0.25, 0.3) is 0 Å². The summed E-state index contributed by atoms with van der Waals surface area (Å²) < 4.78 is 5.63. The minimum atomic E-state index is 0.510. The van der Waals surface area contributed by atoms with Crippen LogP contribution in [0.1, 0.15) is 18.4 Å². The number of hydrogen-bond acceptors (Lipinski definition) is 3. The van der Waals surface area contributed by atoms with Gasteiger partial charge in [-0.25, -0.2) is 0 Å². The molecule has 0 aliphatic carbocycles. The number of ether oxygens (including phenoxy) is 1. The van der Waals surface area contributed by atoms with Crippen LogP contribution in [0.2, 0.25) is 0 Å². The first-order chi connectivity index (χ1) is 9.38. The van der Waals surface area contributed by atoms with Crippen molar-refractivity contribution in [2.24, 2.45) is 5.92 Å². The molecule has 1 aromatic rings. The molecule has 0 aromatic heterocycles. The van der Waals surface area contributed by atoms with Gasteiger partial charge in [0.2, 0.25) is 0 Å². The standard InChI is InChI=1S/C16H24N2O/c1-17-15-12-19-11-14(15)10-18-9-5-4-7-13-6-2-3-8-16(13)18/h2-3,6,8,14-15,17H,4-5,7,9-12H2,1H3. The van der Waals surface area contributed by atoms with Crippen LogP contribution in [0.5, 0.6) is 0 Å². The van der Waals surface area contributed by atoms with Crippen LogP contribution in [0.4, 0.5) is 5.69 Å². The zero-order chi connectivity index (χ0) is 13.1. The van der Waals surface area contributed by atoms with Gasteiger partial charge in [0.05, 0.1) is 13.2 Å². The van der Waals surface area contributed by atoms with E-state index < -0.39 is 0 Å². The molecule has 0 spiro atoms. The molecule has 0 saturated carbocycles. The number of aryl methyl sites for hydroxylation is 1. The lowest BCUT2D eigenvalue weighted by molar-refractivity contribution is 0.183. The summed E-state index contributed by atoms with van der Waals surface area (Å²) in [5, 5.41) is 3.39. The van der Waals surface area contributed by atoms with Crippen molar-refractivity contribution < 1.29 is 4.74 Å². The molecule has 1 aromatic carbocycles. The Balaban J connectivity index is 1.77. The lowest BCUT2D eigenvalue weighted by Crippen LogP contribution is -2.40. The zero-order valence-electron chi connectivity index (χ0n) is 11.8. The lowest BCUT2D eigenvalue weighted by Gasteiger charge is -2.29. The highest BCUT2D eigenvalue weighted by Gasteiger charge is 2.29. The summed E-state index contributed by atoms with van der Waals surface area (Å²) in [6, 6.07) is 9.41. The highest BCUT2D eigenvalue weighted by Crippen LogP contribution is 2.28. The molecule has 0 bridgehead atoms. The summed E-state index contributed by atoms with van der Waals surface area (Å²) >= 11 is 0. The summed E-state index contributed by atoms with van der Waals surface area (Å²) in [4.78, 5) is 2.58. The number of likely N-dealkylation sites (N-methyl/N-ethyl adjacent to an activating group) is 1. The number of fused-ring (bicyclic) bond motifs is 1. The highest BCUT2D eigenvalue weighted by atomic mass is 16.5. The fourth-order valence-corrected chi connectivity index (χ4v) is 3.34. The molecule has 1 N–H and O–H groups in total. The van der Waals surface area contributed by atoms with E-state index in [4.69, 9.17) is 4.74 Å². The predicted molar refractivity (Wildman–Crippen MR) is 78.7 cm³/mol. The number of anilines is 1. The number of hydrogen-bond donors (Lipinski definition) is 1. The summed E-state index contributed by atoms with van der Waals surface area (Å²) in [6.07, 6.45) is 3.83. The largest absolute Gasteiger partial charge is 0.379 e. The second-order valence-electron chi connectivity index (χ2n) is 5.72. The third kappa shape index (κ3) is 2.77. The Labute approximate surface area is 115 Å². The van der Waals surface area contributed by atoms with Crippen molar-refractivity contribution in [1.29, 1.82) is 0 Å². The fourth-order valence-electron chi connectivity index (χ4n) is 3.34. The van der Waals surface area contributed by atoms with Gasteiger partial charge in [0, 0.05) is 30.7 Å². The van der Waals surface area contributed by atoms with E-state index in [0.29, 0.717) is 12.0 Å². The maximum Gasteiger partial charge on any atom is 0.0623 e. The first-order valence-corrected chi connectivity index (χ1v) is 7.46. The minimum absolute atomic E-state index is 0.510. The van der Waals surface area contributed by atoms with Gasteiger partial charge in [-0.2, -0.15) is 0 Å². The van der Waals surface area contributed by atoms with Crippen LogP contribution in [-0.4, -0.2) is 39.4 Å². The first-order valence-electron chi connectivity index (χ1n) is 7.46. The summed E-state index contributed by atoms with van der Waals surface area (Å²) in [7, 11) is 2.04. The van der Waals surface area contributed by atoms with Crippen LogP contribution in [0.3, 0.4) is 0 Å². The van der Waals surface area contributed by atoms with Crippen molar-refractivity contribution in [3.63, 3.8) is 0 Å². The monoisotopic (exact) mass is 260 g/mol. The van der Waals surface area contributed by atoms with Crippen LogP contribution < -0.4 is 10.2 Å². The Morgan fingerprint density at radius 1 is 1.26 bits per heavy atom. The van der Waals surface area contributed by atoms with E-state index in [-0.39, 0.29) is 0 Å². The average molecular weight is 260 g/mol. The Morgan fingerprint density at radius 3 is 3.05 bits per heavy atom. The summed E-state index contributed by atoms with van der Waals surface area (Å²) in [6.45, 7) is 4.05. The number of nitrogens with one attached hydrogen (secondary N) is 1. The third-order valence-electron chi connectivity index (χ3n) is 4.48. The van der Waals surface area contributed by atoms with Crippen molar-refractivity contribution in [1.82, 2.24) is 5.32 Å². The van der Waals surface area contributed by atoms with Gasteiger partial charge in [0.1, 0.15) is 0 Å². The molecule has 19 heavy (non-hydrogen) atoms. The molecule has 2 aliphatic rings. The average Bonchev–Trinajstić information content (AvgIpc) is 2.80. The maximum absolute atomic E-state index is 5.63. The number of nitrogens with zero attached hydrogens (tertiary/aromatic N) is 1. The van der Waals surface area contributed by atoms with Gasteiger partial charge >= 0.3 is 0 Å². The van der Waals surface area contributed by atoms with Gasteiger partial charge in [0.15, 0.2) is 0 Å². The molecule has 3 nitrogen and oxygen atoms in total. The van der Waals surface area contributed by atoms with Crippen molar-refractivity contribution >= 4 is 5.69 Å². The normalized spacial score (nSPS) is 27.1. The molecule has 0 amide bonds. The van der Waals surface area contributed by atoms with Crippen LogP contribution in [0.15, 0.2) is 24.3 Å². The Morgan fingerprint density at radius 2 is 2.16 bits per heavy atom. The van der Waals surface area contributed by atoms with E-state index in [1.807, 2.05) is 7.05 Å². The van der Waals surface area contributed by atoms with E-state index in [1.165, 1.54) is 37.1 Å². The molecule has 0 radical (unpaired) electrons. The lowest BCUT2D eigenvalue weighted by atomic mass is 10.0. The maximum atomic E-state index is 5.63. The van der Waals surface area contributed by atoms with E-state index in [0.717, 1.165) is 19.8 Å². The number of rotatable bonds is 3. The van der Waals surface area contributed by atoms with Gasteiger partial charge in [0.25, 0.3) is 0 Å². The molecular weight excluding hydrogens is 236 g/mol. The fraction of sp³-hybridized carbons (Fsp3) is 0.625. The highest BCUT2D eigenvalue weighted by molar-refractivity contribution is 5.54. The Hall–Kier alpha value is -1.06. The number of para-hydroxylation sites is 1. The quantitative estimate of drug-likeness (QED) is 0.900. The molecule has 3 rings (SSSR count). The molecule has 3 heteroatoms. The summed E-state index contributed by atoms with van der Waals surface area (Å²) in [5.74, 6) is 0.608. The Kier molecular flexibility index (Phi) is 4.04. The zero-order valence-corrected chi connectivity index (χ0v) is 11.8. The predicted octanol–water partition coefficient (Wildman–Crippen LogP) is 2.06. The SMILES string of the molecule is CNC1COCC1CN1CCCCc2ccccc21. The molecule has 104 valence electrons. The Bertz CT molecular complexity index is 421. The van der Waals surface area contributed by atoms with Crippen molar-refractivity contribution in [3.05, 3.63) is 29.8 Å². The molecule has 2 aliphatic heterocycles. The van der Waals surface area contributed by atoms with Crippen LogP contribution >= 0.6 is 0 Å². The molecule has 1 saturated heterocycles. The van der Waals surface area contributed by atoms with Gasteiger partial charge in [-0.05, 0) is 37.9 Å². The molecule has 1 fully saturated rings. The van der Waals surface area contributed by atoms with Crippen LogP contribution in [-0.2, 0) is 11.2 Å². The third-order valence-corrected chi connectivity index (χ3v) is 4.48. The van der Waals surface area contributed by atoms with Crippen molar-refractivity contribution in [2.75, 3.05) is 38.3 Å². The van der Waals surface area contributed by atoms with E-state index in [9.17, 15) is 0 Å². The number of benzene rings is 1. The molecule has 2 heterocycles. The first kappa shape index (κ1) is 12.9. The topological polar surface area (TPSA) is 24.5 Å². The van der Waals surface area contributed by atoms with Gasteiger partial charge in [-0.3, -0.25) is 0 Å². The van der Waals surface area contributed by atoms with Crippen LogP contribution in [0, 0.1) is 5.92 Å². The molecule has 2 unspecified atom stereocenters. The molecule has 2 atom stereocenters. The smallest absolute Gasteiger partial charge is 0.0623 e. The minimum Gasteiger partial charge on any atom is -0.379 e. The second-order valence-corrected chi connectivity index (χ2v) is 5.72. The van der Waals surface area contributed by atoms with E-state index >= 15 is 0 Å². The van der Waals surface area contributed by atoms with Gasteiger partial charge in [-0.15, -0.1) is 0 Å². The van der Waals surface area contributed by atoms with Gasteiger partial charge < -0.3 is 15.0 Å². The van der Waals surface area contributed by atoms with E-state index in [1.54, 1.807) is 0 Å². The molecular formula is C16H24N2O. The van der Waals surface area contributed by atoms with Crippen molar-refractivity contribution in [3.8, 4) is 0 Å². The second kappa shape index (κ2) is 5.93. The van der Waals surface area contributed by atoms with E-state index in [2.05, 4.69) is 34.5 Å². The van der Waals surface area contributed by atoms with Gasteiger partial charge in [-0.1, -0.05) is 18.2 Å². The summed E-state index contributed by atoms with van der Waals surface area (Å²) in [5.41, 5.74) is 2.96.